The van der Waals surface area contributed by atoms with Gasteiger partial charge in [-0.3, -0.25) is 14.8 Å². The van der Waals surface area contributed by atoms with E-state index in [9.17, 15) is 18.0 Å². The van der Waals surface area contributed by atoms with E-state index in [1.165, 1.54) is 23.0 Å². The largest absolute Gasteiger partial charge is 0.396 e. The number of rotatable bonds is 7. The first-order valence-electron chi connectivity index (χ1n) is 10.2. The van der Waals surface area contributed by atoms with Crippen LogP contribution in [0.1, 0.15) is 25.3 Å². The Balaban J connectivity index is 1.72. The Kier molecular flexibility index (Phi) is 6.88. The number of nitrogens with zero attached hydrogens (tertiary/aromatic N) is 1. The molecule has 1 amide bonds. The van der Waals surface area contributed by atoms with E-state index in [2.05, 4.69) is 11.8 Å². The maximum atomic E-state index is 12.6. The lowest BCUT2D eigenvalue weighted by molar-refractivity contribution is -0.131. The maximum Gasteiger partial charge on any atom is 0.264 e. The van der Waals surface area contributed by atoms with Crippen molar-refractivity contribution in [2.75, 3.05) is 12.9 Å². The third-order valence-corrected chi connectivity index (χ3v) is 8.03. The lowest BCUT2D eigenvalue weighted by Gasteiger charge is -2.25. The van der Waals surface area contributed by atoms with Crippen molar-refractivity contribution >= 4 is 15.7 Å². The number of aryl methyl sites for hydroxylation is 1. The van der Waals surface area contributed by atoms with Crippen molar-refractivity contribution in [3.63, 3.8) is 0 Å². The highest BCUT2D eigenvalue weighted by atomic mass is 32.2. The molecule has 3 atom stereocenters. The maximum absolute atomic E-state index is 12.6. The average molecular weight is 459 g/mol. The van der Waals surface area contributed by atoms with Crippen LogP contribution in [0.15, 0.2) is 47.4 Å². The first-order valence-corrected chi connectivity index (χ1v) is 12.1. The second-order valence-electron chi connectivity index (χ2n) is 8.27. The van der Waals surface area contributed by atoms with Gasteiger partial charge in [0.2, 0.25) is 0 Å². The average Bonchev–Trinajstić information content (AvgIpc) is 3.54. The summed E-state index contributed by atoms with van der Waals surface area (Å²) in [6.45, 7) is 1.37. The van der Waals surface area contributed by atoms with Crippen LogP contribution in [-0.2, 0) is 21.2 Å². The van der Waals surface area contributed by atoms with Crippen LogP contribution >= 0.6 is 0 Å². The molecule has 1 heterocycles. The van der Waals surface area contributed by atoms with E-state index in [1.54, 1.807) is 12.3 Å². The zero-order valence-electron chi connectivity index (χ0n) is 17.9. The number of nitrogens with one attached hydrogen (secondary N) is 1. The van der Waals surface area contributed by atoms with Gasteiger partial charge in [-0.25, -0.2) is 13.9 Å². The Labute approximate surface area is 186 Å². The van der Waals surface area contributed by atoms with Gasteiger partial charge in [0.25, 0.3) is 11.5 Å². The van der Waals surface area contributed by atoms with Crippen molar-refractivity contribution in [3.05, 3.63) is 58.5 Å². The normalized spacial score (nSPS) is 19.4. The topological polar surface area (TPSA) is 126 Å². The number of hydrogen-bond acceptors (Lipinski definition) is 6. The van der Waals surface area contributed by atoms with Gasteiger partial charge in [0, 0.05) is 43.2 Å². The molecular weight excluding hydrogens is 432 g/mol. The molecule has 0 radical (unpaired) electrons. The summed E-state index contributed by atoms with van der Waals surface area (Å²) in [5, 5.41) is 18.0. The standard InChI is InChI=1S/C23H26N2O6S/c1-23(22(28)24-29,32(2,30)31)10-12-25-11-9-19(14-21(25)27)17-6-3-16(4-7-17)5-8-18-13-20(18)15-26/h3-4,6-7,9,11,14,18,20,26,29H,10,12-13,15H2,1-2H3,(H,24,28)/t18-,20+,23?/m0/s1. The second-order valence-corrected chi connectivity index (χ2v) is 10.7. The fourth-order valence-electron chi connectivity index (χ4n) is 3.34. The number of aliphatic hydroxyl groups is 1. The van der Waals surface area contributed by atoms with E-state index in [1.807, 2.05) is 24.3 Å². The highest BCUT2D eigenvalue weighted by Crippen LogP contribution is 2.37. The highest BCUT2D eigenvalue weighted by Gasteiger charge is 2.43. The summed E-state index contributed by atoms with van der Waals surface area (Å²) in [5.74, 6) is 5.77. The molecule has 1 aliphatic rings. The molecule has 32 heavy (non-hydrogen) atoms. The lowest BCUT2D eigenvalue weighted by Crippen LogP contribution is -2.49. The minimum Gasteiger partial charge on any atom is -0.396 e. The fourth-order valence-corrected chi connectivity index (χ4v) is 4.18. The number of hydrogen-bond donors (Lipinski definition) is 3. The Hall–Kier alpha value is -2.93. The van der Waals surface area contributed by atoms with Crippen molar-refractivity contribution in [2.45, 2.75) is 31.1 Å². The van der Waals surface area contributed by atoms with E-state index in [-0.39, 0.29) is 31.0 Å². The number of carbonyl (C=O) groups is 1. The summed E-state index contributed by atoms with van der Waals surface area (Å²) in [5.41, 5.74) is 3.45. The van der Waals surface area contributed by atoms with Gasteiger partial charge >= 0.3 is 0 Å². The Morgan fingerprint density at radius 2 is 1.94 bits per heavy atom. The molecule has 3 rings (SSSR count). The van der Waals surface area contributed by atoms with E-state index in [0.717, 1.165) is 23.8 Å². The van der Waals surface area contributed by atoms with Crippen LogP contribution < -0.4 is 11.0 Å². The van der Waals surface area contributed by atoms with Crippen LogP contribution in [0.4, 0.5) is 0 Å². The monoisotopic (exact) mass is 458 g/mol. The van der Waals surface area contributed by atoms with E-state index in [0.29, 0.717) is 11.5 Å². The van der Waals surface area contributed by atoms with Gasteiger partial charge in [0.1, 0.15) is 0 Å². The third kappa shape index (κ3) is 5.10. The Bertz CT molecular complexity index is 1220. The predicted octanol–water partition coefficient (Wildman–Crippen LogP) is 1.19. The number of pyridine rings is 1. The van der Waals surface area contributed by atoms with Gasteiger partial charge in [-0.1, -0.05) is 24.0 Å². The number of carbonyl (C=O) groups excluding carboxylic acids is 1. The number of benzene rings is 1. The first kappa shape index (κ1) is 23.7. The summed E-state index contributed by atoms with van der Waals surface area (Å²) in [4.78, 5) is 24.5. The van der Waals surface area contributed by atoms with Crippen molar-refractivity contribution in [1.29, 1.82) is 0 Å². The van der Waals surface area contributed by atoms with Crippen LogP contribution in [0.3, 0.4) is 0 Å². The van der Waals surface area contributed by atoms with Crippen LogP contribution in [0.25, 0.3) is 11.1 Å². The predicted molar refractivity (Wildman–Crippen MR) is 119 cm³/mol. The third-order valence-electron chi connectivity index (χ3n) is 6.00. The molecule has 0 bridgehead atoms. The summed E-state index contributed by atoms with van der Waals surface area (Å²) < 4.78 is 23.6. The summed E-state index contributed by atoms with van der Waals surface area (Å²) in [6, 6.07) is 10.7. The Morgan fingerprint density at radius 1 is 1.25 bits per heavy atom. The molecule has 1 saturated carbocycles. The van der Waals surface area contributed by atoms with Crippen LogP contribution in [0.2, 0.25) is 0 Å². The summed E-state index contributed by atoms with van der Waals surface area (Å²) in [7, 11) is -3.84. The molecule has 3 N–H and O–H groups in total. The van der Waals surface area contributed by atoms with E-state index in [4.69, 9.17) is 10.3 Å². The Morgan fingerprint density at radius 3 is 2.47 bits per heavy atom. The van der Waals surface area contributed by atoms with Crippen LogP contribution in [0, 0.1) is 23.7 Å². The molecule has 1 aliphatic carbocycles. The van der Waals surface area contributed by atoms with Crippen LogP contribution in [-0.4, -0.2) is 46.8 Å². The fraction of sp³-hybridized carbons (Fsp3) is 0.391. The molecule has 8 nitrogen and oxygen atoms in total. The zero-order valence-corrected chi connectivity index (χ0v) is 18.7. The molecular formula is C23H26N2O6S. The van der Waals surface area contributed by atoms with E-state index >= 15 is 0 Å². The summed E-state index contributed by atoms with van der Waals surface area (Å²) >= 11 is 0. The van der Waals surface area contributed by atoms with Gasteiger partial charge in [-0.2, -0.15) is 0 Å². The molecule has 1 aromatic carbocycles. The van der Waals surface area contributed by atoms with Crippen molar-refractivity contribution in [1.82, 2.24) is 10.0 Å². The van der Waals surface area contributed by atoms with Gasteiger partial charge in [0.05, 0.1) is 0 Å². The zero-order chi connectivity index (χ0) is 23.5. The van der Waals surface area contributed by atoms with Crippen molar-refractivity contribution in [3.8, 4) is 23.0 Å². The molecule has 2 aromatic rings. The molecule has 1 unspecified atom stereocenters. The number of sulfone groups is 1. The molecule has 0 aliphatic heterocycles. The van der Waals surface area contributed by atoms with Gasteiger partial charge in [-0.15, -0.1) is 0 Å². The quantitative estimate of drug-likeness (QED) is 0.325. The van der Waals surface area contributed by atoms with Crippen LogP contribution in [0.5, 0.6) is 0 Å². The number of aromatic nitrogens is 1. The molecule has 0 saturated heterocycles. The molecule has 170 valence electrons. The lowest BCUT2D eigenvalue weighted by atomic mass is 10.0. The SMILES string of the molecule is CC(CCn1ccc(-c2ccc(C#C[C@H]3C[C@@H]3CO)cc2)cc1=O)(C(=O)NO)S(C)(=O)=O. The highest BCUT2D eigenvalue weighted by molar-refractivity contribution is 7.92. The number of amides is 1. The molecule has 1 fully saturated rings. The van der Waals surface area contributed by atoms with E-state index < -0.39 is 20.5 Å². The molecule has 9 heteroatoms. The molecule has 0 spiro atoms. The van der Waals surface area contributed by atoms with Gasteiger partial charge in [-0.05, 0) is 55.0 Å². The first-order chi connectivity index (χ1) is 15.1. The minimum absolute atomic E-state index is 0.0133. The number of hydroxylamine groups is 1. The minimum atomic E-state index is -3.84. The second kappa shape index (κ2) is 9.28. The smallest absolute Gasteiger partial charge is 0.264 e. The van der Waals surface area contributed by atoms with Gasteiger partial charge < -0.3 is 9.67 Å². The van der Waals surface area contributed by atoms with Gasteiger partial charge in [0.15, 0.2) is 14.6 Å². The van der Waals surface area contributed by atoms with Crippen molar-refractivity contribution < 1.29 is 23.5 Å². The number of aliphatic hydroxyl groups excluding tert-OH is 1. The van der Waals surface area contributed by atoms with Crippen molar-refractivity contribution in [2.24, 2.45) is 11.8 Å². The summed E-state index contributed by atoms with van der Waals surface area (Å²) in [6.07, 6.45) is 3.22. The molecule has 1 aromatic heterocycles.